The number of rotatable bonds is 7. The zero-order valence-electron chi connectivity index (χ0n) is 12.1. The molecule has 2 aromatic rings. The van der Waals surface area contributed by atoms with Gasteiger partial charge in [0.25, 0.3) is 0 Å². The molecular weight excluding hydrogens is 288 g/mol. The number of nitrogens with zero attached hydrogens (tertiary/aromatic N) is 2. The van der Waals surface area contributed by atoms with E-state index >= 15 is 0 Å². The van der Waals surface area contributed by atoms with E-state index in [9.17, 15) is 4.79 Å². The van der Waals surface area contributed by atoms with Gasteiger partial charge < -0.3 is 14.4 Å². The summed E-state index contributed by atoms with van der Waals surface area (Å²) in [4.78, 5) is 15.3. The highest BCUT2D eigenvalue weighted by Gasteiger charge is 2.15. The van der Waals surface area contributed by atoms with E-state index in [1.165, 1.54) is 11.8 Å². The second-order valence-electron chi connectivity index (χ2n) is 4.41. The van der Waals surface area contributed by atoms with E-state index in [1.54, 1.807) is 7.11 Å². The summed E-state index contributed by atoms with van der Waals surface area (Å²) in [6, 6.07) is 5.75. The lowest BCUT2D eigenvalue weighted by Crippen LogP contribution is -2.03. The van der Waals surface area contributed by atoms with Gasteiger partial charge in [0.05, 0.1) is 18.4 Å². The van der Waals surface area contributed by atoms with Crippen molar-refractivity contribution < 1.29 is 14.6 Å². The predicted molar refractivity (Wildman–Crippen MR) is 84.1 cm³/mol. The first-order valence-electron chi connectivity index (χ1n) is 6.66. The number of hydrogen-bond donors (Lipinski definition) is 1. The molecule has 6 heteroatoms. The molecule has 0 saturated carbocycles. The molecule has 0 aliphatic rings. The quantitative estimate of drug-likeness (QED) is 0.628. The van der Waals surface area contributed by atoms with Gasteiger partial charge in [0.15, 0.2) is 5.16 Å². The van der Waals surface area contributed by atoms with Crippen LogP contribution in [0.2, 0.25) is 0 Å². The van der Waals surface area contributed by atoms with Crippen molar-refractivity contribution in [2.24, 2.45) is 0 Å². The average molecular weight is 306 g/mol. The molecule has 1 N–H and O–H groups in total. The molecule has 1 aromatic carbocycles. The predicted octanol–water partition coefficient (Wildman–Crippen LogP) is 3.19. The highest BCUT2D eigenvalue weighted by atomic mass is 32.2. The van der Waals surface area contributed by atoms with Crippen molar-refractivity contribution in [1.82, 2.24) is 9.55 Å². The van der Waals surface area contributed by atoms with Crippen LogP contribution < -0.4 is 4.74 Å². The summed E-state index contributed by atoms with van der Waals surface area (Å²) in [5, 5.41) is 9.57. The summed E-state index contributed by atoms with van der Waals surface area (Å²) in [6.07, 6.45) is 4.96. The molecule has 0 unspecified atom stereocenters. The normalized spacial score (nSPS) is 11.3. The number of hydrogen-bond acceptors (Lipinski definition) is 4. The topological polar surface area (TPSA) is 64.4 Å². The van der Waals surface area contributed by atoms with Crippen LogP contribution in [0.3, 0.4) is 0 Å². The molecule has 0 fully saturated rings. The molecule has 0 radical (unpaired) electrons. The lowest BCUT2D eigenvalue weighted by molar-refractivity contribution is -0.133. The molecule has 112 valence electrons. The fraction of sp³-hybridized carbons (Fsp3) is 0.333. The minimum atomic E-state index is -0.848. The minimum absolute atomic E-state index is 0.00471. The Hall–Kier alpha value is -1.95. The SMILES string of the molecule is C/C=C/CCn1c(SCC(=O)O)nc2c(OC)cccc21. The lowest BCUT2D eigenvalue weighted by atomic mass is 10.3. The molecule has 0 amide bonds. The molecule has 0 aliphatic heterocycles. The van der Waals surface area contributed by atoms with Crippen molar-refractivity contribution in [1.29, 1.82) is 0 Å². The first-order chi connectivity index (χ1) is 10.2. The number of para-hydroxylation sites is 1. The Kier molecular flexibility index (Phi) is 5.27. The Balaban J connectivity index is 2.42. The number of carboxylic acids is 1. The van der Waals surface area contributed by atoms with Crippen LogP contribution in [0.4, 0.5) is 0 Å². The fourth-order valence-electron chi connectivity index (χ4n) is 2.09. The third-order valence-electron chi connectivity index (χ3n) is 3.01. The third-order valence-corrected chi connectivity index (χ3v) is 3.97. The highest BCUT2D eigenvalue weighted by molar-refractivity contribution is 7.99. The maximum Gasteiger partial charge on any atom is 0.313 e. The van der Waals surface area contributed by atoms with Crippen LogP contribution in [0.5, 0.6) is 5.75 Å². The molecule has 0 saturated heterocycles. The van der Waals surface area contributed by atoms with Crippen LogP contribution in [-0.2, 0) is 11.3 Å². The summed E-state index contributed by atoms with van der Waals surface area (Å²) >= 11 is 1.23. The largest absolute Gasteiger partial charge is 0.494 e. The van der Waals surface area contributed by atoms with Gasteiger partial charge in [0, 0.05) is 6.54 Å². The van der Waals surface area contributed by atoms with Crippen molar-refractivity contribution in [3.05, 3.63) is 30.4 Å². The number of carbonyl (C=O) groups is 1. The van der Waals surface area contributed by atoms with E-state index in [1.807, 2.05) is 35.8 Å². The Bertz CT molecular complexity index is 664. The van der Waals surface area contributed by atoms with Gasteiger partial charge in [0.1, 0.15) is 11.3 Å². The first kappa shape index (κ1) is 15.4. The van der Waals surface area contributed by atoms with E-state index in [0.717, 1.165) is 24.0 Å². The van der Waals surface area contributed by atoms with Gasteiger partial charge in [-0.1, -0.05) is 30.0 Å². The third kappa shape index (κ3) is 3.58. The Morgan fingerprint density at radius 2 is 2.33 bits per heavy atom. The summed E-state index contributed by atoms with van der Waals surface area (Å²) < 4.78 is 7.38. The molecule has 0 spiro atoms. The zero-order chi connectivity index (χ0) is 15.2. The van der Waals surface area contributed by atoms with Gasteiger partial charge in [-0.2, -0.15) is 0 Å². The lowest BCUT2D eigenvalue weighted by Gasteiger charge is -2.06. The van der Waals surface area contributed by atoms with Crippen LogP contribution in [0.1, 0.15) is 13.3 Å². The summed E-state index contributed by atoms with van der Waals surface area (Å²) in [6.45, 7) is 2.74. The average Bonchev–Trinajstić information content (AvgIpc) is 2.83. The van der Waals surface area contributed by atoms with Crippen molar-refractivity contribution in [3.8, 4) is 5.75 Å². The number of aryl methyl sites for hydroxylation is 1. The number of fused-ring (bicyclic) bond motifs is 1. The van der Waals surface area contributed by atoms with Gasteiger partial charge in [-0.05, 0) is 25.5 Å². The number of aromatic nitrogens is 2. The monoisotopic (exact) mass is 306 g/mol. The van der Waals surface area contributed by atoms with Gasteiger partial charge in [0.2, 0.25) is 0 Å². The molecule has 0 aliphatic carbocycles. The number of aliphatic carboxylic acids is 1. The number of allylic oxidation sites excluding steroid dienone is 2. The van der Waals surface area contributed by atoms with E-state index in [-0.39, 0.29) is 5.75 Å². The molecule has 0 atom stereocenters. The van der Waals surface area contributed by atoms with E-state index in [2.05, 4.69) is 11.1 Å². The van der Waals surface area contributed by atoms with E-state index in [0.29, 0.717) is 10.9 Å². The van der Waals surface area contributed by atoms with Gasteiger partial charge >= 0.3 is 5.97 Å². The Labute approximate surface area is 127 Å². The zero-order valence-corrected chi connectivity index (χ0v) is 12.9. The standard InChI is InChI=1S/C15H18N2O3S/c1-3-4-5-9-17-11-7-6-8-12(20-2)14(11)16-15(17)21-10-13(18)19/h3-4,6-8H,5,9-10H2,1-2H3,(H,18,19)/b4-3+. The van der Waals surface area contributed by atoms with Crippen molar-refractivity contribution in [3.63, 3.8) is 0 Å². The number of ether oxygens (including phenoxy) is 1. The number of thioether (sulfide) groups is 1. The van der Waals surface area contributed by atoms with Crippen LogP contribution in [0.25, 0.3) is 11.0 Å². The first-order valence-corrected chi connectivity index (χ1v) is 7.65. The summed E-state index contributed by atoms with van der Waals surface area (Å²) in [7, 11) is 1.61. The summed E-state index contributed by atoms with van der Waals surface area (Å²) in [5.41, 5.74) is 1.74. The smallest absolute Gasteiger partial charge is 0.313 e. The van der Waals surface area contributed by atoms with Crippen molar-refractivity contribution in [2.45, 2.75) is 25.0 Å². The van der Waals surface area contributed by atoms with Crippen LogP contribution in [0, 0.1) is 0 Å². The second kappa shape index (κ2) is 7.17. The molecule has 2 rings (SSSR count). The summed E-state index contributed by atoms with van der Waals surface area (Å²) in [5.74, 6) is -0.150. The van der Waals surface area contributed by atoms with E-state index < -0.39 is 5.97 Å². The molecule has 5 nitrogen and oxygen atoms in total. The molecular formula is C15H18N2O3S. The number of imidazole rings is 1. The van der Waals surface area contributed by atoms with Crippen molar-refractivity contribution >= 4 is 28.8 Å². The molecule has 21 heavy (non-hydrogen) atoms. The highest BCUT2D eigenvalue weighted by Crippen LogP contribution is 2.30. The van der Waals surface area contributed by atoms with Gasteiger partial charge in [-0.15, -0.1) is 0 Å². The van der Waals surface area contributed by atoms with Crippen LogP contribution in [-0.4, -0.2) is 33.5 Å². The van der Waals surface area contributed by atoms with Gasteiger partial charge in [-0.25, -0.2) is 4.98 Å². The maximum atomic E-state index is 10.8. The maximum absolute atomic E-state index is 10.8. The van der Waals surface area contributed by atoms with Gasteiger partial charge in [-0.3, -0.25) is 4.79 Å². The molecule has 1 heterocycles. The molecule has 1 aromatic heterocycles. The van der Waals surface area contributed by atoms with E-state index in [4.69, 9.17) is 9.84 Å². The Morgan fingerprint density at radius 1 is 1.52 bits per heavy atom. The number of carboxylic acid groups (broad SMARTS) is 1. The second-order valence-corrected chi connectivity index (χ2v) is 5.36. The Morgan fingerprint density at radius 3 is 3.00 bits per heavy atom. The molecule has 0 bridgehead atoms. The minimum Gasteiger partial charge on any atom is -0.494 e. The van der Waals surface area contributed by atoms with Crippen molar-refractivity contribution in [2.75, 3.05) is 12.9 Å². The van der Waals surface area contributed by atoms with Crippen LogP contribution >= 0.6 is 11.8 Å². The fourth-order valence-corrected chi connectivity index (χ4v) is 2.84. The van der Waals surface area contributed by atoms with Crippen LogP contribution in [0.15, 0.2) is 35.5 Å². The number of methoxy groups -OCH3 is 1. The number of benzene rings is 1.